The number of aryl methyl sites for hydroxylation is 1. The van der Waals surface area contributed by atoms with E-state index in [1.165, 1.54) is 17.0 Å². The quantitative estimate of drug-likeness (QED) is 0.653. The molecule has 78 valence electrons. The molecule has 0 aromatic heterocycles. The molecule has 0 bridgehead atoms. The topological polar surface area (TPSA) is 37.4 Å². The summed E-state index contributed by atoms with van der Waals surface area (Å²) in [5.41, 5.74) is 1.19. The molecule has 0 aliphatic carbocycles. The molecule has 0 N–H and O–H groups in total. The van der Waals surface area contributed by atoms with E-state index in [4.69, 9.17) is 0 Å². The van der Waals surface area contributed by atoms with Gasteiger partial charge in [0.15, 0.2) is 0 Å². The number of benzene rings is 1. The van der Waals surface area contributed by atoms with Gasteiger partial charge >= 0.3 is 0 Å². The SMILES string of the molecule is Cc1cc(F)cc(N2CCC(=O)C2=O)c1. The van der Waals surface area contributed by atoms with Crippen LogP contribution >= 0.6 is 0 Å². The maximum Gasteiger partial charge on any atom is 0.294 e. The number of anilines is 1. The van der Waals surface area contributed by atoms with E-state index < -0.39 is 17.5 Å². The van der Waals surface area contributed by atoms with E-state index in [0.717, 1.165) is 5.56 Å². The summed E-state index contributed by atoms with van der Waals surface area (Å²) in [6.45, 7) is 2.09. The molecule has 1 fully saturated rings. The first-order valence-corrected chi connectivity index (χ1v) is 4.70. The molecule has 0 radical (unpaired) electrons. The van der Waals surface area contributed by atoms with Gasteiger partial charge in [-0.25, -0.2) is 4.39 Å². The summed E-state index contributed by atoms with van der Waals surface area (Å²) in [4.78, 5) is 23.7. The van der Waals surface area contributed by atoms with Gasteiger partial charge in [-0.05, 0) is 30.7 Å². The molecule has 3 nitrogen and oxygen atoms in total. The normalized spacial score (nSPS) is 16.3. The summed E-state index contributed by atoms with van der Waals surface area (Å²) < 4.78 is 13.1. The molecule has 4 heteroatoms. The Bertz CT molecular complexity index is 422. The molecular formula is C11H10FNO2. The largest absolute Gasteiger partial charge is 0.305 e. The minimum absolute atomic E-state index is 0.217. The minimum atomic E-state index is -0.542. The highest BCUT2D eigenvalue weighted by Crippen LogP contribution is 2.22. The zero-order valence-corrected chi connectivity index (χ0v) is 8.29. The molecule has 0 spiro atoms. The van der Waals surface area contributed by atoms with Crippen LogP contribution < -0.4 is 4.90 Å². The first-order valence-electron chi connectivity index (χ1n) is 4.70. The van der Waals surface area contributed by atoms with Crippen molar-refractivity contribution >= 4 is 17.4 Å². The highest BCUT2D eigenvalue weighted by atomic mass is 19.1. The van der Waals surface area contributed by atoms with Crippen LogP contribution in [0.15, 0.2) is 18.2 Å². The van der Waals surface area contributed by atoms with Crippen LogP contribution in [0.1, 0.15) is 12.0 Å². The van der Waals surface area contributed by atoms with Crippen molar-refractivity contribution in [3.63, 3.8) is 0 Å². The number of carbonyl (C=O) groups is 2. The average Bonchev–Trinajstić information content (AvgIpc) is 2.46. The molecule has 15 heavy (non-hydrogen) atoms. The lowest BCUT2D eigenvalue weighted by molar-refractivity contribution is -0.133. The molecule has 0 unspecified atom stereocenters. The lowest BCUT2D eigenvalue weighted by atomic mass is 10.2. The van der Waals surface area contributed by atoms with Crippen molar-refractivity contribution in [3.05, 3.63) is 29.6 Å². The summed E-state index contributed by atoms with van der Waals surface area (Å²) in [5, 5.41) is 0. The number of carbonyl (C=O) groups excluding carboxylic acids is 2. The van der Waals surface area contributed by atoms with Gasteiger partial charge in [0.1, 0.15) is 5.82 Å². The summed E-state index contributed by atoms with van der Waals surface area (Å²) in [7, 11) is 0. The van der Waals surface area contributed by atoms with Crippen LogP contribution in [0.5, 0.6) is 0 Å². The number of rotatable bonds is 1. The number of hydrogen-bond acceptors (Lipinski definition) is 2. The fraction of sp³-hybridized carbons (Fsp3) is 0.273. The lowest BCUT2D eigenvalue weighted by Crippen LogP contribution is -2.27. The fourth-order valence-corrected chi connectivity index (χ4v) is 1.69. The molecular weight excluding hydrogens is 197 g/mol. The number of nitrogens with zero attached hydrogens (tertiary/aromatic N) is 1. The van der Waals surface area contributed by atoms with Crippen molar-refractivity contribution in [1.29, 1.82) is 0 Å². The zero-order chi connectivity index (χ0) is 11.0. The molecule has 2 rings (SSSR count). The second-order valence-electron chi connectivity index (χ2n) is 3.62. The summed E-state index contributed by atoms with van der Waals surface area (Å²) in [5.74, 6) is -1.34. The van der Waals surface area contributed by atoms with Gasteiger partial charge in [0.05, 0.1) is 0 Å². The van der Waals surface area contributed by atoms with Gasteiger partial charge in [0, 0.05) is 18.7 Å². The molecule has 1 amide bonds. The third-order valence-corrected chi connectivity index (χ3v) is 2.38. The molecule has 1 saturated heterocycles. The Labute approximate surface area is 86.5 Å². The van der Waals surface area contributed by atoms with Crippen LogP contribution in [0.2, 0.25) is 0 Å². The summed E-state index contributed by atoms with van der Waals surface area (Å²) in [6, 6.07) is 4.34. The molecule has 1 heterocycles. The highest BCUT2D eigenvalue weighted by molar-refractivity contribution is 6.43. The van der Waals surface area contributed by atoms with Gasteiger partial charge in [-0.15, -0.1) is 0 Å². The van der Waals surface area contributed by atoms with Crippen LogP contribution in [0.25, 0.3) is 0 Å². The Morgan fingerprint density at radius 1 is 1.27 bits per heavy atom. The zero-order valence-electron chi connectivity index (χ0n) is 8.29. The maximum absolute atomic E-state index is 13.1. The Morgan fingerprint density at radius 3 is 2.53 bits per heavy atom. The van der Waals surface area contributed by atoms with E-state index in [-0.39, 0.29) is 6.42 Å². The third-order valence-electron chi connectivity index (χ3n) is 2.38. The Morgan fingerprint density at radius 2 is 2.00 bits per heavy atom. The van der Waals surface area contributed by atoms with Crippen LogP contribution in [-0.4, -0.2) is 18.2 Å². The number of hydrogen-bond donors (Lipinski definition) is 0. The first kappa shape index (κ1) is 9.83. The number of Topliss-reactive ketones (excluding diaryl/α,β-unsaturated/α-hetero) is 1. The van der Waals surface area contributed by atoms with E-state index in [0.29, 0.717) is 12.2 Å². The van der Waals surface area contributed by atoms with E-state index in [9.17, 15) is 14.0 Å². The van der Waals surface area contributed by atoms with Gasteiger partial charge in [0.2, 0.25) is 5.78 Å². The molecule has 0 saturated carbocycles. The first-order chi connectivity index (χ1) is 7.08. The summed E-state index contributed by atoms with van der Waals surface area (Å²) >= 11 is 0. The van der Waals surface area contributed by atoms with Crippen LogP contribution in [-0.2, 0) is 9.59 Å². The monoisotopic (exact) mass is 207 g/mol. The van der Waals surface area contributed by atoms with Crippen LogP contribution in [0, 0.1) is 12.7 Å². The predicted octanol–water partition coefficient (Wildman–Crippen LogP) is 1.44. The number of halogens is 1. The number of ketones is 1. The van der Waals surface area contributed by atoms with Crippen LogP contribution in [0.4, 0.5) is 10.1 Å². The van der Waals surface area contributed by atoms with E-state index in [2.05, 4.69) is 0 Å². The van der Waals surface area contributed by atoms with Crippen molar-refractivity contribution < 1.29 is 14.0 Å². The average molecular weight is 207 g/mol. The van der Waals surface area contributed by atoms with Crippen molar-refractivity contribution in [2.75, 3.05) is 11.4 Å². The predicted molar refractivity (Wildman–Crippen MR) is 53.1 cm³/mol. The number of amides is 1. The van der Waals surface area contributed by atoms with Gasteiger partial charge in [-0.2, -0.15) is 0 Å². The van der Waals surface area contributed by atoms with Gasteiger partial charge in [-0.3, -0.25) is 9.59 Å². The molecule has 1 aliphatic rings. The molecule has 1 aliphatic heterocycles. The van der Waals surface area contributed by atoms with E-state index in [1.54, 1.807) is 13.0 Å². The van der Waals surface area contributed by atoms with Crippen molar-refractivity contribution in [3.8, 4) is 0 Å². The van der Waals surface area contributed by atoms with Crippen molar-refractivity contribution in [2.24, 2.45) is 0 Å². The highest BCUT2D eigenvalue weighted by Gasteiger charge is 2.30. The van der Waals surface area contributed by atoms with Crippen LogP contribution in [0.3, 0.4) is 0 Å². The third kappa shape index (κ3) is 1.75. The molecule has 0 atom stereocenters. The molecule has 1 aromatic rings. The van der Waals surface area contributed by atoms with E-state index in [1.807, 2.05) is 0 Å². The Balaban J connectivity index is 2.38. The lowest BCUT2D eigenvalue weighted by Gasteiger charge is -2.15. The second kappa shape index (κ2) is 3.46. The summed E-state index contributed by atoms with van der Waals surface area (Å²) in [6.07, 6.45) is 0.217. The molecule has 1 aromatic carbocycles. The van der Waals surface area contributed by atoms with Crippen molar-refractivity contribution in [1.82, 2.24) is 0 Å². The minimum Gasteiger partial charge on any atom is -0.305 e. The van der Waals surface area contributed by atoms with Gasteiger partial charge in [0.25, 0.3) is 5.91 Å². The Hall–Kier alpha value is -1.71. The fourth-order valence-electron chi connectivity index (χ4n) is 1.69. The van der Waals surface area contributed by atoms with Crippen molar-refractivity contribution in [2.45, 2.75) is 13.3 Å². The standard InChI is InChI=1S/C11H10FNO2/c1-7-4-8(12)6-9(5-7)13-3-2-10(14)11(13)15/h4-6H,2-3H2,1H3. The van der Waals surface area contributed by atoms with E-state index >= 15 is 0 Å². The van der Waals surface area contributed by atoms with Gasteiger partial charge in [-0.1, -0.05) is 0 Å². The smallest absolute Gasteiger partial charge is 0.294 e. The Kier molecular flexibility index (Phi) is 2.26. The second-order valence-corrected chi connectivity index (χ2v) is 3.62. The van der Waals surface area contributed by atoms with Gasteiger partial charge < -0.3 is 4.90 Å². The maximum atomic E-state index is 13.1.